The molecule has 0 saturated carbocycles. The van der Waals surface area contributed by atoms with Gasteiger partial charge in [0, 0.05) is 30.1 Å². The molecule has 148 valence electrons. The van der Waals surface area contributed by atoms with Crippen molar-refractivity contribution >= 4 is 33.8 Å². The average Bonchev–Trinajstić information content (AvgIpc) is 3.31. The number of carbonyl (C=O) groups excluding carboxylic acids is 1. The third kappa shape index (κ3) is 3.25. The second kappa shape index (κ2) is 6.97. The summed E-state index contributed by atoms with van der Waals surface area (Å²) in [5.74, 6) is 0.703. The smallest absolute Gasteiger partial charge is 0.228 e. The van der Waals surface area contributed by atoms with Gasteiger partial charge in [0.1, 0.15) is 17.0 Å². The molecule has 0 aliphatic carbocycles. The Morgan fingerprint density at radius 1 is 1.17 bits per heavy atom. The predicted octanol–water partition coefficient (Wildman–Crippen LogP) is 2.79. The molecule has 1 saturated heterocycles. The molecule has 1 aliphatic heterocycles. The van der Waals surface area contributed by atoms with E-state index in [0.29, 0.717) is 5.82 Å². The van der Waals surface area contributed by atoms with Gasteiger partial charge < -0.3 is 15.2 Å². The number of amides is 1. The van der Waals surface area contributed by atoms with Gasteiger partial charge >= 0.3 is 0 Å². The number of benzene rings is 1. The summed E-state index contributed by atoms with van der Waals surface area (Å²) < 4.78 is 1.77. The van der Waals surface area contributed by atoms with Crippen molar-refractivity contribution in [2.45, 2.75) is 12.8 Å². The van der Waals surface area contributed by atoms with Crippen LogP contribution in [0.3, 0.4) is 0 Å². The molecular weight excluding hydrogens is 366 g/mol. The predicted molar refractivity (Wildman–Crippen MR) is 112 cm³/mol. The maximum atomic E-state index is 12.6. The summed E-state index contributed by atoms with van der Waals surface area (Å²) in [6.45, 7) is 1.92. The minimum Gasteiger partial charge on any atom is -0.345 e. The molecule has 0 spiro atoms. The number of piperidine rings is 1. The van der Waals surface area contributed by atoms with E-state index in [1.807, 2.05) is 37.5 Å². The van der Waals surface area contributed by atoms with Crippen molar-refractivity contribution in [2.75, 3.05) is 25.5 Å². The van der Waals surface area contributed by atoms with Gasteiger partial charge in [0.05, 0.1) is 5.52 Å². The Balaban J connectivity index is 1.40. The van der Waals surface area contributed by atoms with Crippen LogP contribution in [-0.4, -0.2) is 55.9 Å². The van der Waals surface area contributed by atoms with E-state index in [-0.39, 0.29) is 11.8 Å². The number of aromatic nitrogens is 5. The van der Waals surface area contributed by atoms with Gasteiger partial charge in [0.2, 0.25) is 5.91 Å². The topological polar surface area (TPSA) is 91.7 Å². The number of nitrogens with one attached hydrogen (secondary N) is 2. The van der Waals surface area contributed by atoms with E-state index in [0.717, 1.165) is 59.1 Å². The first kappa shape index (κ1) is 17.8. The van der Waals surface area contributed by atoms with Crippen molar-refractivity contribution in [1.82, 2.24) is 29.9 Å². The van der Waals surface area contributed by atoms with Crippen molar-refractivity contribution < 1.29 is 4.79 Å². The van der Waals surface area contributed by atoms with Crippen molar-refractivity contribution in [3.8, 4) is 11.1 Å². The summed E-state index contributed by atoms with van der Waals surface area (Å²) in [6, 6.07) is 9.96. The number of rotatable bonds is 3. The minimum atomic E-state index is 0.0575. The second-order valence-corrected chi connectivity index (χ2v) is 7.78. The highest BCUT2D eigenvalue weighted by Gasteiger charge is 2.23. The maximum absolute atomic E-state index is 12.6. The van der Waals surface area contributed by atoms with E-state index < -0.39 is 0 Å². The number of carbonyl (C=O) groups is 1. The highest BCUT2D eigenvalue weighted by atomic mass is 16.1. The Morgan fingerprint density at radius 2 is 2.00 bits per heavy atom. The molecule has 8 heteroatoms. The number of aromatic amines is 1. The molecule has 2 N–H and O–H groups in total. The van der Waals surface area contributed by atoms with Crippen LogP contribution in [0.15, 0.2) is 36.5 Å². The number of fused-ring (bicyclic) bond motifs is 2. The molecule has 0 radical (unpaired) electrons. The van der Waals surface area contributed by atoms with Crippen LogP contribution in [0.25, 0.3) is 33.2 Å². The lowest BCUT2D eigenvalue weighted by Gasteiger charge is -2.27. The molecular formula is C21H23N7O. The van der Waals surface area contributed by atoms with Crippen molar-refractivity contribution in [3.63, 3.8) is 0 Å². The fourth-order valence-corrected chi connectivity index (χ4v) is 4.01. The summed E-state index contributed by atoms with van der Waals surface area (Å²) in [7, 11) is 3.98. The Hall–Kier alpha value is -3.26. The third-order valence-electron chi connectivity index (χ3n) is 5.80. The number of hydrogen-bond donors (Lipinski definition) is 2. The lowest BCUT2D eigenvalue weighted by molar-refractivity contribution is -0.121. The first-order chi connectivity index (χ1) is 14.1. The molecule has 29 heavy (non-hydrogen) atoms. The highest BCUT2D eigenvalue weighted by molar-refractivity contribution is 5.98. The van der Waals surface area contributed by atoms with Crippen LogP contribution in [0, 0.1) is 5.92 Å². The number of aryl methyl sites for hydroxylation is 1. The van der Waals surface area contributed by atoms with Crippen LogP contribution in [0.1, 0.15) is 12.8 Å². The van der Waals surface area contributed by atoms with E-state index >= 15 is 0 Å². The number of H-pyrrole nitrogens is 1. The first-order valence-corrected chi connectivity index (χ1v) is 9.86. The Labute approximate surface area is 167 Å². The number of likely N-dealkylation sites (tertiary alicyclic amines) is 1. The zero-order valence-corrected chi connectivity index (χ0v) is 16.5. The monoisotopic (exact) mass is 389 g/mol. The van der Waals surface area contributed by atoms with Gasteiger partial charge in [-0.1, -0.05) is 11.3 Å². The molecule has 8 nitrogen and oxygen atoms in total. The quantitative estimate of drug-likeness (QED) is 0.562. The zero-order chi connectivity index (χ0) is 20.0. The van der Waals surface area contributed by atoms with Gasteiger partial charge in [0.15, 0.2) is 0 Å². The number of nitrogens with zero attached hydrogens (tertiary/aromatic N) is 5. The van der Waals surface area contributed by atoms with Crippen LogP contribution in [0.4, 0.5) is 5.82 Å². The minimum absolute atomic E-state index is 0.0575. The molecule has 0 atom stereocenters. The average molecular weight is 389 g/mol. The molecule has 4 heterocycles. The highest BCUT2D eigenvalue weighted by Crippen LogP contribution is 2.30. The fourth-order valence-electron chi connectivity index (χ4n) is 4.01. The SMILES string of the molecule is CN1CCC(C(=O)Nc2ccc3c(-c4ccc5nnn(C)c5c4)c[nH]c3n2)CC1. The van der Waals surface area contributed by atoms with Crippen LogP contribution >= 0.6 is 0 Å². The molecule has 0 unspecified atom stereocenters. The Morgan fingerprint density at radius 3 is 2.83 bits per heavy atom. The summed E-state index contributed by atoms with van der Waals surface area (Å²) in [5, 5.41) is 12.2. The van der Waals surface area contributed by atoms with Crippen molar-refractivity contribution in [2.24, 2.45) is 13.0 Å². The molecule has 0 bridgehead atoms. The van der Waals surface area contributed by atoms with E-state index in [2.05, 4.69) is 43.6 Å². The van der Waals surface area contributed by atoms with Crippen molar-refractivity contribution in [1.29, 1.82) is 0 Å². The summed E-state index contributed by atoms with van der Waals surface area (Å²) in [4.78, 5) is 22.7. The number of pyridine rings is 1. The summed E-state index contributed by atoms with van der Waals surface area (Å²) in [5.41, 5.74) is 4.73. The van der Waals surface area contributed by atoms with Gasteiger partial charge in [-0.3, -0.25) is 4.79 Å². The lowest BCUT2D eigenvalue weighted by atomic mass is 9.96. The molecule has 4 aromatic rings. The third-order valence-corrected chi connectivity index (χ3v) is 5.80. The van der Waals surface area contributed by atoms with E-state index in [1.54, 1.807) is 4.68 Å². The number of hydrogen-bond acceptors (Lipinski definition) is 5. The maximum Gasteiger partial charge on any atom is 0.228 e. The summed E-state index contributed by atoms with van der Waals surface area (Å²) in [6.07, 6.45) is 3.73. The molecule has 1 aromatic carbocycles. The van der Waals surface area contributed by atoms with E-state index in [1.165, 1.54) is 0 Å². The van der Waals surface area contributed by atoms with Gasteiger partial charge in [0.25, 0.3) is 0 Å². The molecule has 3 aromatic heterocycles. The van der Waals surface area contributed by atoms with Crippen LogP contribution in [-0.2, 0) is 11.8 Å². The summed E-state index contributed by atoms with van der Waals surface area (Å²) >= 11 is 0. The van der Waals surface area contributed by atoms with Gasteiger partial charge in [-0.15, -0.1) is 5.10 Å². The zero-order valence-electron chi connectivity index (χ0n) is 16.5. The Bertz CT molecular complexity index is 1200. The Kier molecular flexibility index (Phi) is 4.28. The molecule has 1 fully saturated rings. The van der Waals surface area contributed by atoms with Crippen LogP contribution in [0.2, 0.25) is 0 Å². The largest absolute Gasteiger partial charge is 0.345 e. The molecule has 5 rings (SSSR count). The van der Waals surface area contributed by atoms with Crippen LogP contribution < -0.4 is 5.32 Å². The van der Waals surface area contributed by atoms with Crippen LogP contribution in [0.5, 0.6) is 0 Å². The fraction of sp³-hybridized carbons (Fsp3) is 0.333. The van der Waals surface area contributed by atoms with Crippen molar-refractivity contribution in [3.05, 3.63) is 36.5 Å². The lowest BCUT2D eigenvalue weighted by Crippen LogP contribution is -2.36. The van der Waals surface area contributed by atoms with E-state index in [4.69, 9.17) is 0 Å². The molecule has 1 amide bonds. The van der Waals surface area contributed by atoms with Gasteiger partial charge in [-0.2, -0.15) is 0 Å². The van der Waals surface area contributed by atoms with Gasteiger partial charge in [-0.25, -0.2) is 9.67 Å². The normalized spacial score (nSPS) is 15.9. The molecule has 1 aliphatic rings. The standard InChI is InChI=1S/C21H23N7O/c1-27-9-7-13(8-10-27)21(29)24-19-6-4-15-16(12-22-20(15)23-19)14-3-5-17-18(11-14)28(2)26-25-17/h3-6,11-13H,7-10H2,1-2H3,(H2,22,23,24,29). The van der Waals surface area contributed by atoms with E-state index in [9.17, 15) is 4.79 Å². The first-order valence-electron chi connectivity index (χ1n) is 9.86. The second-order valence-electron chi connectivity index (χ2n) is 7.78. The number of anilines is 1. The van der Waals surface area contributed by atoms with Gasteiger partial charge in [-0.05, 0) is 62.8 Å².